The average Bonchev–Trinajstić information content (AvgIpc) is 3.51. The lowest BCUT2D eigenvalue weighted by molar-refractivity contribution is 0.502. The highest BCUT2D eigenvalue weighted by Crippen LogP contribution is 2.42. The fourth-order valence-electron chi connectivity index (χ4n) is 4.86. The molecule has 1 aliphatic heterocycles. The van der Waals surface area contributed by atoms with Gasteiger partial charge in [0.05, 0.1) is 17.1 Å². The van der Waals surface area contributed by atoms with Crippen molar-refractivity contribution in [3.63, 3.8) is 0 Å². The number of nitrogens with zero attached hydrogens (tertiary/aromatic N) is 2. The lowest BCUT2D eigenvalue weighted by atomic mass is 9.85. The minimum Gasteiger partial charge on any atom is -0.341 e. The average molecular weight is 474 g/mol. The molecule has 4 aromatic rings. The van der Waals surface area contributed by atoms with E-state index in [0.717, 1.165) is 40.5 Å². The van der Waals surface area contributed by atoms with Crippen LogP contribution in [0.4, 0.5) is 0 Å². The van der Waals surface area contributed by atoms with E-state index in [1.54, 1.807) is 0 Å². The normalized spacial score (nSPS) is 14.3. The SMILES string of the molecule is CC(C)(C)C1=C(c2cccc(-c3nc(-c4ccccc4)[nH]c3C(C)(C)C)c2)CC(c2ccccc2)=N1. The van der Waals surface area contributed by atoms with Crippen molar-refractivity contribution < 1.29 is 0 Å². The number of aromatic nitrogens is 2. The van der Waals surface area contributed by atoms with E-state index < -0.39 is 0 Å². The van der Waals surface area contributed by atoms with E-state index >= 15 is 0 Å². The molecule has 0 bridgehead atoms. The maximum absolute atomic E-state index is 5.16. The van der Waals surface area contributed by atoms with Gasteiger partial charge in [0.25, 0.3) is 0 Å². The summed E-state index contributed by atoms with van der Waals surface area (Å²) in [6.45, 7) is 13.5. The van der Waals surface area contributed by atoms with E-state index in [1.807, 2.05) is 6.07 Å². The molecule has 1 N–H and O–H groups in total. The monoisotopic (exact) mass is 473 g/mol. The molecule has 0 fully saturated rings. The quantitative estimate of drug-likeness (QED) is 0.316. The summed E-state index contributed by atoms with van der Waals surface area (Å²) in [4.78, 5) is 13.9. The number of aliphatic imine (C=N–C) groups is 1. The van der Waals surface area contributed by atoms with Crippen LogP contribution in [-0.2, 0) is 5.41 Å². The third-order valence-corrected chi connectivity index (χ3v) is 6.68. The maximum atomic E-state index is 5.16. The molecule has 0 unspecified atom stereocenters. The van der Waals surface area contributed by atoms with E-state index in [-0.39, 0.29) is 10.8 Å². The first kappa shape index (κ1) is 24.0. The second kappa shape index (κ2) is 9.05. The first-order valence-electron chi connectivity index (χ1n) is 12.7. The second-order valence-corrected chi connectivity index (χ2v) is 11.7. The highest BCUT2D eigenvalue weighted by atomic mass is 14.9. The van der Waals surface area contributed by atoms with Gasteiger partial charge in [0.15, 0.2) is 0 Å². The number of hydrogen-bond acceptors (Lipinski definition) is 2. The van der Waals surface area contributed by atoms with E-state index in [9.17, 15) is 0 Å². The number of aromatic amines is 1. The number of imidazole rings is 1. The Balaban J connectivity index is 1.59. The molecular formula is C33H35N3. The Morgan fingerprint density at radius 1 is 0.639 bits per heavy atom. The summed E-state index contributed by atoms with van der Waals surface area (Å²) < 4.78 is 0. The van der Waals surface area contributed by atoms with Crippen molar-refractivity contribution in [3.05, 3.63) is 107 Å². The van der Waals surface area contributed by atoms with Crippen molar-refractivity contribution in [2.24, 2.45) is 10.4 Å². The highest BCUT2D eigenvalue weighted by Gasteiger charge is 2.29. The van der Waals surface area contributed by atoms with Crippen LogP contribution in [0.15, 0.2) is 95.6 Å². The molecule has 2 heterocycles. The largest absolute Gasteiger partial charge is 0.341 e. The van der Waals surface area contributed by atoms with Crippen LogP contribution in [0.2, 0.25) is 0 Å². The standard InChI is InChI=1S/C33H35N3/c1-32(2,3)29-26(21-27(34-29)22-14-9-7-10-15-22)24-18-13-19-25(20-24)28-30(33(4,5)6)36-31(35-28)23-16-11-8-12-17-23/h7-20H,21H2,1-6H3,(H,35,36). The Hall–Kier alpha value is -3.72. The number of rotatable bonds is 4. The van der Waals surface area contributed by atoms with Gasteiger partial charge >= 0.3 is 0 Å². The van der Waals surface area contributed by atoms with Crippen molar-refractivity contribution >= 4 is 11.3 Å². The van der Waals surface area contributed by atoms with Gasteiger partial charge in [-0.25, -0.2) is 4.98 Å². The summed E-state index contributed by atoms with van der Waals surface area (Å²) in [5, 5.41) is 0. The van der Waals surface area contributed by atoms with E-state index in [2.05, 4.69) is 125 Å². The minimum atomic E-state index is -0.0713. The van der Waals surface area contributed by atoms with Gasteiger partial charge in [0.1, 0.15) is 5.82 Å². The minimum absolute atomic E-state index is 0.0503. The van der Waals surface area contributed by atoms with Crippen LogP contribution in [0, 0.1) is 5.41 Å². The van der Waals surface area contributed by atoms with Crippen molar-refractivity contribution in [1.29, 1.82) is 0 Å². The molecule has 0 spiro atoms. The fourth-order valence-corrected chi connectivity index (χ4v) is 4.86. The fraction of sp³-hybridized carbons (Fsp3) is 0.273. The molecule has 0 radical (unpaired) electrons. The Morgan fingerprint density at radius 2 is 1.22 bits per heavy atom. The van der Waals surface area contributed by atoms with Crippen LogP contribution in [0.3, 0.4) is 0 Å². The zero-order valence-electron chi connectivity index (χ0n) is 22.2. The molecule has 3 heteroatoms. The van der Waals surface area contributed by atoms with Gasteiger partial charge in [-0.05, 0) is 22.8 Å². The summed E-state index contributed by atoms with van der Waals surface area (Å²) in [7, 11) is 0. The van der Waals surface area contributed by atoms with Crippen molar-refractivity contribution in [1.82, 2.24) is 9.97 Å². The number of benzene rings is 3. The highest BCUT2D eigenvalue weighted by molar-refractivity contribution is 6.10. The first-order valence-corrected chi connectivity index (χ1v) is 12.7. The zero-order chi connectivity index (χ0) is 25.5. The van der Waals surface area contributed by atoms with Gasteiger partial charge in [-0.3, -0.25) is 4.99 Å². The number of allylic oxidation sites excluding steroid dienone is 2. The molecule has 0 atom stereocenters. The van der Waals surface area contributed by atoms with Crippen LogP contribution >= 0.6 is 0 Å². The van der Waals surface area contributed by atoms with Crippen LogP contribution in [0.5, 0.6) is 0 Å². The topological polar surface area (TPSA) is 41.0 Å². The Bertz CT molecular complexity index is 1440. The predicted octanol–water partition coefficient (Wildman–Crippen LogP) is 8.69. The van der Waals surface area contributed by atoms with Gasteiger partial charge in [0.2, 0.25) is 0 Å². The van der Waals surface area contributed by atoms with Crippen LogP contribution in [0.1, 0.15) is 64.8 Å². The summed E-state index contributed by atoms with van der Waals surface area (Å²) in [5.74, 6) is 0.908. The molecule has 1 aliphatic rings. The summed E-state index contributed by atoms with van der Waals surface area (Å²) in [5.41, 5.74) is 10.3. The molecule has 0 saturated heterocycles. The molecular weight excluding hydrogens is 438 g/mol. The lowest BCUT2D eigenvalue weighted by Gasteiger charge is -2.21. The van der Waals surface area contributed by atoms with Crippen molar-refractivity contribution in [3.8, 4) is 22.6 Å². The summed E-state index contributed by atoms with van der Waals surface area (Å²) in [6.07, 6.45) is 0.835. The van der Waals surface area contributed by atoms with Gasteiger partial charge in [-0.1, -0.05) is 120 Å². The maximum Gasteiger partial charge on any atom is 0.138 e. The van der Waals surface area contributed by atoms with Crippen LogP contribution in [0.25, 0.3) is 28.2 Å². The molecule has 182 valence electrons. The molecule has 0 aliphatic carbocycles. The van der Waals surface area contributed by atoms with Crippen LogP contribution in [-0.4, -0.2) is 15.7 Å². The number of hydrogen-bond donors (Lipinski definition) is 1. The van der Waals surface area contributed by atoms with Gasteiger partial charge in [0, 0.05) is 34.1 Å². The summed E-state index contributed by atoms with van der Waals surface area (Å²) >= 11 is 0. The molecule has 36 heavy (non-hydrogen) atoms. The predicted molar refractivity (Wildman–Crippen MR) is 152 cm³/mol. The van der Waals surface area contributed by atoms with Crippen LogP contribution < -0.4 is 0 Å². The third-order valence-electron chi connectivity index (χ3n) is 6.68. The Morgan fingerprint density at radius 3 is 1.83 bits per heavy atom. The third kappa shape index (κ3) is 4.70. The lowest BCUT2D eigenvalue weighted by Crippen LogP contribution is -2.13. The molecule has 3 aromatic carbocycles. The molecule has 5 rings (SSSR count). The van der Waals surface area contributed by atoms with E-state index in [1.165, 1.54) is 22.4 Å². The Labute approximate surface area is 215 Å². The second-order valence-electron chi connectivity index (χ2n) is 11.7. The van der Waals surface area contributed by atoms with Crippen molar-refractivity contribution in [2.75, 3.05) is 0 Å². The first-order chi connectivity index (χ1) is 17.1. The molecule has 0 saturated carbocycles. The summed E-state index contributed by atoms with van der Waals surface area (Å²) in [6, 6.07) is 29.7. The van der Waals surface area contributed by atoms with Crippen molar-refractivity contribution in [2.45, 2.75) is 53.4 Å². The molecule has 3 nitrogen and oxygen atoms in total. The van der Waals surface area contributed by atoms with Gasteiger partial charge < -0.3 is 4.98 Å². The van der Waals surface area contributed by atoms with E-state index in [4.69, 9.17) is 9.98 Å². The van der Waals surface area contributed by atoms with E-state index in [0.29, 0.717) is 0 Å². The Kier molecular flexibility index (Phi) is 6.04. The molecule has 0 amide bonds. The number of H-pyrrole nitrogens is 1. The number of nitrogens with one attached hydrogen (secondary N) is 1. The smallest absolute Gasteiger partial charge is 0.138 e. The van der Waals surface area contributed by atoms with Gasteiger partial charge in [-0.2, -0.15) is 0 Å². The molecule has 1 aromatic heterocycles. The zero-order valence-corrected chi connectivity index (χ0v) is 22.2. The van der Waals surface area contributed by atoms with Gasteiger partial charge in [-0.15, -0.1) is 0 Å².